The van der Waals surface area contributed by atoms with E-state index in [0.717, 1.165) is 24.0 Å². The van der Waals surface area contributed by atoms with Crippen LogP contribution in [0.25, 0.3) is 11.1 Å². The van der Waals surface area contributed by atoms with Crippen molar-refractivity contribution in [3.8, 4) is 16.9 Å². The lowest BCUT2D eigenvalue weighted by Crippen LogP contribution is -1.89. The van der Waals surface area contributed by atoms with E-state index in [1.54, 1.807) is 36.4 Å². The predicted octanol–water partition coefficient (Wildman–Crippen LogP) is 4.15. The molecule has 0 unspecified atom stereocenters. The lowest BCUT2D eigenvalue weighted by molar-refractivity contribution is 0.475. The Balaban J connectivity index is 2.36. The van der Waals surface area contributed by atoms with Crippen molar-refractivity contribution < 1.29 is 9.50 Å². The molecule has 0 bridgehead atoms. The van der Waals surface area contributed by atoms with Crippen molar-refractivity contribution in [3.05, 3.63) is 53.8 Å². The van der Waals surface area contributed by atoms with Gasteiger partial charge < -0.3 is 5.11 Å². The Morgan fingerprint density at radius 1 is 1.06 bits per heavy atom. The van der Waals surface area contributed by atoms with Crippen molar-refractivity contribution in [1.29, 1.82) is 0 Å². The van der Waals surface area contributed by atoms with Crippen LogP contribution in [0.4, 0.5) is 4.39 Å². The van der Waals surface area contributed by atoms with Crippen molar-refractivity contribution in [3.63, 3.8) is 0 Å². The smallest absolute Gasteiger partial charge is 0.131 e. The number of rotatable bonds is 3. The molecule has 0 heterocycles. The molecular formula is C15H15FO. The molecule has 2 aromatic rings. The molecule has 0 amide bonds. The highest BCUT2D eigenvalue weighted by atomic mass is 19.1. The molecule has 0 radical (unpaired) electrons. The Morgan fingerprint density at radius 3 is 2.35 bits per heavy atom. The van der Waals surface area contributed by atoms with Crippen molar-refractivity contribution >= 4 is 0 Å². The molecule has 0 aliphatic rings. The fourth-order valence-corrected chi connectivity index (χ4v) is 1.88. The lowest BCUT2D eigenvalue weighted by atomic mass is 10.0. The van der Waals surface area contributed by atoms with Crippen LogP contribution in [0.1, 0.15) is 18.9 Å². The van der Waals surface area contributed by atoms with Crippen LogP contribution in [0.2, 0.25) is 0 Å². The van der Waals surface area contributed by atoms with Gasteiger partial charge in [0.2, 0.25) is 0 Å². The number of phenolic OH excluding ortho intramolecular Hbond substituents is 1. The van der Waals surface area contributed by atoms with Crippen LogP contribution in [0, 0.1) is 5.82 Å². The number of hydrogen-bond acceptors (Lipinski definition) is 1. The van der Waals surface area contributed by atoms with Crippen LogP contribution in [0.5, 0.6) is 5.75 Å². The third kappa shape index (κ3) is 2.64. The van der Waals surface area contributed by atoms with Gasteiger partial charge in [-0.15, -0.1) is 0 Å². The Kier molecular flexibility index (Phi) is 3.43. The van der Waals surface area contributed by atoms with Crippen LogP contribution in [0.3, 0.4) is 0 Å². The van der Waals surface area contributed by atoms with Crippen molar-refractivity contribution in [2.45, 2.75) is 19.8 Å². The molecule has 2 rings (SSSR count). The van der Waals surface area contributed by atoms with E-state index < -0.39 is 0 Å². The highest BCUT2D eigenvalue weighted by molar-refractivity contribution is 5.65. The van der Waals surface area contributed by atoms with Gasteiger partial charge in [0.05, 0.1) is 0 Å². The fourth-order valence-electron chi connectivity index (χ4n) is 1.88. The van der Waals surface area contributed by atoms with Crippen LogP contribution >= 0.6 is 0 Å². The first-order valence-electron chi connectivity index (χ1n) is 5.78. The molecule has 1 nitrogen and oxygen atoms in total. The zero-order valence-electron chi connectivity index (χ0n) is 9.78. The molecule has 0 aliphatic heterocycles. The Hall–Kier alpha value is -1.83. The summed E-state index contributed by atoms with van der Waals surface area (Å²) in [5.74, 6) is -0.0154. The van der Waals surface area contributed by atoms with Crippen LogP contribution in [0.15, 0.2) is 42.5 Å². The largest absolute Gasteiger partial charge is 0.508 e. The number of benzene rings is 2. The van der Waals surface area contributed by atoms with E-state index in [2.05, 4.69) is 6.92 Å². The van der Waals surface area contributed by atoms with Gasteiger partial charge in [0.15, 0.2) is 0 Å². The van der Waals surface area contributed by atoms with Gasteiger partial charge in [-0.2, -0.15) is 0 Å². The minimum Gasteiger partial charge on any atom is -0.508 e. The summed E-state index contributed by atoms with van der Waals surface area (Å²) in [5.41, 5.74) is 2.38. The minimum absolute atomic E-state index is 0.191. The van der Waals surface area contributed by atoms with Crippen LogP contribution in [-0.4, -0.2) is 5.11 Å². The summed E-state index contributed by atoms with van der Waals surface area (Å²) in [7, 11) is 0. The second kappa shape index (κ2) is 5.00. The first-order valence-corrected chi connectivity index (χ1v) is 5.78. The summed E-state index contributed by atoms with van der Waals surface area (Å²) < 4.78 is 13.9. The van der Waals surface area contributed by atoms with E-state index in [0.29, 0.717) is 5.56 Å². The third-order valence-electron chi connectivity index (χ3n) is 2.75. The van der Waals surface area contributed by atoms with Gasteiger partial charge in [0, 0.05) is 5.56 Å². The van der Waals surface area contributed by atoms with E-state index in [4.69, 9.17) is 0 Å². The third-order valence-corrected chi connectivity index (χ3v) is 2.75. The maximum Gasteiger partial charge on any atom is 0.131 e. The average molecular weight is 230 g/mol. The van der Waals surface area contributed by atoms with E-state index in [1.807, 2.05) is 6.07 Å². The van der Waals surface area contributed by atoms with Gasteiger partial charge in [0.1, 0.15) is 11.6 Å². The molecule has 0 spiro atoms. The quantitative estimate of drug-likeness (QED) is 0.839. The summed E-state index contributed by atoms with van der Waals surface area (Å²) in [6, 6.07) is 11.9. The van der Waals surface area contributed by atoms with Gasteiger partial charge in [-0.25, -0.2) is 4.39 Å². The summed E-state index contributed by atoms with van der Waals surface area (Å²) >= 11 is 0. The van der Waals surface area contributed by atoms with Gasteiger partial charge >= 0.3 is 0 Å². The molecule has 17 heavy (non-hydrogen) atoms. The van der Waals surface area contributed by atoms with Gasteiger partial charge in [-0.1, -0.05) is 37.6 Å². The second-order valence-corrected chi connectivity index (χ2v) is 4.11. The van der Waals surface area contributed by atoms with E-state index in [-0.39, 0.29) is 11.6 Å². The average Bonchev–Trinajstić information content (AvgIpc) is 2.31. The highest BCUT2D eigenvalue weighted by Crippen LogP contribution is 2.25. The first kappa shape index (κ1) is 11.6. The SMILES string of the molecule is CCCc1ccc(-c2ccc(O)cc2)c(F)c1. The monoisotopic (exact) mass is 230 g/mol. The molecule has 88 valence electrons. The normalized spacial score (nSPS) is 10.5. The molecule has 0 atom stereocenters. The van der Waals surface area contributed by atoms with E-state index >= 15 is 0 Å². The fraction of sp³-hybridized carbons (Fsp3) is 0.200. The Bertz CT molecular complexity index is 503. The van der Waals surface area contributed by atoms with Crippen molar-refractivity contribution in [1.82, 2.24) is 0 Å². The molecule has 2 aromatic carbocycles. The van der Waals surface area contributed by atoms with E-state index in [9.17, 15) is 9.50 Å². The maximum absolute atomic E-state index is 13.9. The molecule has 0 aromatic heterocycles. The molecular weight excluding hydrogens is 215 g/mol. The summed E-state index contributed by atoms with van der Waals surface area (Å²) in [6.07, 6.45) is 1.91. The minimum atomic E-state index is -0.207. The number of halogens is 1. The Morgan fingerprint density at radius 2 is 1.76 bits per heavy atom. The van der Waals surface area contributed by atoms with Crippen molar-refractivity contribution in [2.24, 2.45) is 0 Å². The zero-order chi connectivity index (χ0) is 12.3. The zero-order valence-corrected chi connectivity index (χ0v) is 9.78. The lowest BCUT2D eigenvalue weighted by Gasteiger charge is -2.06. The molecule has 0 aliphatic carbocycles. The Labute approximate surface area is 101 Å². The van der Waals surface area contributed by atoms with Crippen molar-refractivity contribution in [2.75, 3.05) is 0 Å². The number of aryl methyl sites for hydroxylation is 1. The molecule has 0 saturated carbocycles. The van der Waals surface area contributed by atoms with Gasteiger partial charge in [0.25, 0.3) is 0 Å². The first-order chi connectivity index (χ1) is 8.20. The number of hydrogen-bond donors (Lipinski definition) is 1. The maximum atomic E-state index is 13.9. The van der Waals surface area contributed by atoms with Crippen LogP contribution < -0.4 is 0 Å². The van der Waals surface area contributed by atoms with Gasteiger partial charge in [-0.3, -0.25) is 0 Å². The molecule has 0 fully saturated rings. The summed E-state index contributed by atoms with van der Waals surface area (Å²) in [6.45, 7) is 2.08. The number of phenols is 1. The molecule has 0 saturated heterocycles. The predicted molar refractivity (Wildman–Crippen MR) is 67.5 cm³/mol. The van der Waals surface area contributed by atoms with Crippen LogP contribution in [-0.2, 0) is 6.42 Å². The summed E-state index contributed by atoms with van der Waals surface area (Å²) in [4.78, 5) is 0. The molecule has 1 N–H and O–H groups in total. The van der Waals surface area contributed by atoms with Gasteiger partial charge in [-0.05, 0) is 35.7 Å². The summed E-state index contributed by atoms with van der Waals surface area (Å²) in [5, 5.41) is 9.19. The topological polar surface area (TPSA) is 20.2 Å². The number of aromatic hydroxyl groups is 1. The van der Waals surface area contributed by atoms with E-state index in [1.165, 1.54) is 0 Å². The standard InChI is InChI=1S/C15H15FO/c1-2-3-11-4-9-14(15(16)10-11)12-5-7-13(17)8-6-12/h4-10,17H,2-3H2,1H3. The highest BCUT2D eigenvalue weighted by Gasteiger charge is 2.05. The second-order valence-electron chi connectivity index (χ2n) is 4.11. The molecule has 2 heteroatoms.